The molecule has 1 unspecified atom stereocenters. The van der Waals surface area contributed by atoms with Crippen LogP contribution in [0.3, 0.4) is 0 Å². The number of rotatable bonds is 7. The van der Waals surface area contributed by atoms with E-state index in [4.69, 9.17) is 4.74 Å². The normalized spacial score (nSPS) is 19.3. The van der Waals surface area contributed by atoms with Crippen molar-refractivity contribution < 1.29 is 4.74 Å². The zero-order valence-corrected chi connectivity index (χ0v) is 12.6. The van der Waals surface area contributed by atoms with E-state index in [1.54, 1.807) is 6.33 Å². The van der Waals surface area contributed by atoms with E-state index in [0.717, 1.165) is 63.6 Å². The Morgan fingerprint density at radius 3 is 3.05 bits per heavy atom. The molecule has 1 aliphatic rings. The van der Waals surface area contributed by atoms with E-state index in [0.29, 0.717) is 6.04 Å². The fourth-order valence-electron chi connectivity index (χ4n) is 2.51. The van der Waals surface area contributed by atoms with E-state index >= 15 is 0 Å². The van der Waals surface area contributed by atoms with Crippen molar-refractivity contribution in [3.63, 3.8) is 0 Å². The van der Waals surface area contributed by atoms with Gasteiger partial charge in [-0.15, -0.1) is 0 Å². The lowest BCUT2D eigenvalue weighted by molar-refractivity contribution is 0.0933. The molecule has 1 aromatic rings. The lowest BCUT2D eigenvalue weighted by Crippen LogP contribution is -2.51. The second kappa shape index (κ2) is 8.17. The van der Waals surface area contributed by atoms with Crippen LogP contribution in [0, 0.1) is 0 Å². The largest absolute Gasteiger partial charge is 0.377 e. The second-order valence-electron chi connectivity index (χ2n) is 5.24. The maximum atomic E-state index is 5.62. The summed E-state index contributed by atoms with van der Waals surface area (Å²) in [6.45, 7) is 8.80. The van der Waals surface area contributed by atoms with Gasteiger partial charge < -0.3 is 15.0 Å². The maximum Gasteiger partial charge on any atom is 0.132 e. The molecular weight excluding hydrogens is 252 g/mol. The maximum absolute atomic E-state index is 5.62. The third kappa shape index (κ3) is 4.15. The molecule has 0 amide bonds. The minimum absolute atomic E-state index is 0.361. The topological polar surface area (TPSA) is 50.3 Å². The molecule has 2 heterocycles. The summed E-state index contributed by atoms with van der Waals surface area (Å²) >= 11 is 0. The van der Waals surface area contributed by atoms with E-state index in [2.05, 4.69) is 40.1 Å². The van der Waals surface area contributed by atoms with Gasteiger partial charge in [-0.3, -0.25) is 0 Å². The van der Waals surface area contributed by atoms with Gasteiger partial charge in [-0.1, -0.05) is 20.3 Å². The Bertz CT molecular complexity index is 399. The van der Waals surface area contributed by atoms with Gasteiger partial charge in [-0.05, 0) is 19.4 Å². The van der Waals surface area contributed by atoms with E-state index < -0.39 is 0 Å². The number of morpholine rings is 1. The first-order valence-electron chi connectivity index (χ1n) is 7.71. The Balaban J connectivity index is 2.04. The van der Waals surface area contributed by atoms with Crippen LogP contribution in [0.2, 0.25) is 0 Å². The Morgan fingerprint density at radius 2 is 2.25 bits per heavy atom. The fourth-order valence-corrected chi connectivity index (χ4v) is 2.51. The number of nitrogens with zero attached hydrogens (tertiary/aromatic N) is 3. The molecule has 1 atom stereocenters. The minimum Gasteiger partial charge on any atom is -0.377 e. The molecule has 112 valence electrons. The molecule has 5 heteroatoms. The summed E-state index contributed by atoms with van der Waals surface area (Å²) in [4.78, 5) is 11.1. The van der Waals surface area contributed by atoms with Gasteiger partial charge in [-0.2, -0.15) is 0 Å². The van der Waals surface area contributed by atoms with Crippen LogP contribution < -0.4 is 10.2 Å². The van der Waals surface area contributed by atoms with Crippen molar-refractivity contribution in [2.75, 3.05) is 37.7 Å². The molecule has 1 saturated heterocycles. The van der Waals surface area contributed by atoms with Gasteiger partial charge in [0.05, 0.1) is 19.3 Å². The highest BCUT2D eigenvalue weighted by atomic mass is 16.5. The Kier molecular flexibility index (Phi) is 6.21. The van der Waals surface area contributed by atoms with Gasteiger partial charge in [0.1, 0.15) is 12.1 Å². The van der Waals surface area contributed by atoms with Gasteiger partial charge in [-0.25, -0.2) is 9.97 Å². The zero-order valence-electron chi connectivity index (χ0n) is 12.6. The van der Waals surface area contributed by atoms with Crippen LogP contribution >= 0.6 is 0 Å². The van der Waals surface area contributed by atoms with Gasteiger partial charge in [0, 0.05) is 24.8 Å². The lowest BCUT2D eigenvalue weighted by atomic mass is 10.2. The van der Waals surface area contributed by atoms with Crippen LogP contribution in [0.1, 0.15) is 32.4 Å². The summed E-state index contributed by atoms with van der Waals surface area (Å²) in [6.07, 6.45) is 4.97. The van der Waals surface area contributed by atoms with Gasteiger partial charge in [0.25, 0.3) is 0 Å². The van der Waals surface area contributed by atoms with Crippen LogP contribution in [0.5, 0.6) is 0 Å². The molecule has 1 N–H and O–H groups in total. The van der Waals surface area contributed by atoms with Crippen LogP contribution in [-0.4, -0.2) is 48.9 Å². The van der Waals surface area contributed by atoms with Crippen molar-refractivity contribution in [2.45, 2.75) is 39.2 Å². The summed E-state index contributed by atoms with van der Waals surface area (Å²) in [6, 6.07) is 2.49. The first-order chi connectivity index (χ1) is 9.85. The molecule has 1 fully saturated rings. The van der Waals surface area contributed by atoms with E-state index in [1.165, 1.54) is 0 Å². The molecule has 5 nitrogen and oxygen atoms in total. The summed E-state index contributed by atoms with van der Waals surface area (Å²) in [5, 5.41) is 3.48. The molecule has 0 aromatic carbocycles. The molecule has 0 bridgehead atoms. The van der Waals surface area contributed by atoms with Crippen molar-refractivity contribution in [2.24, 2.45) is 0 Å². The van der Waals surface area contributed by atoms with E-state index in [1.807, 2.05) is 0 Å². The molecule has 0 spiro atoms. The number of nitrogens with one attached hydrogen (secondary N) is 1. The molecule has 0 saturated carbocycles. The zero-order chi connectivity index (χ0) is 14.2. The number of hydrogen-bond donors (Lipinski definition) is 1. The number of aromatic nitrogens is 2. The Labute approximate surface area is 121 Å². The highest BCUT2D eigenvalue weighted by Gasteiger charge is 2.24. The molecule has 2 rings (SSSR count). The molecule has 1 aliphatic heterocycles. The lowest BCUT2D eigenvalue weighted by Gasteiger charge is -2.36. The SMILES string of the molecule is CCCNCC1COCCN1c1cc(CCC)ncn1. The van der Waals surface area contributed by atoms with E-state index in [9.17, 15) is 0 Å². The van der Waals surface area contributed by atoms with Crippen LogP contribution in [0.4, 0.5) is 5.82 Å². The molecule has 20 heavy (non-hydrogen) atoms. The summed E-state index contributed by atoms with van der Waals surface area (Å²) in [5.41, 5.74) is 1.13. The quantitative estimate of drug-likeness (QED) is 0.768. The average Bonchev–Trinajstić information content (AvgIpc) is 2.49. The van der Waals surface area contributed by atoms with Crippen molar-refractivity contribution in [1.82, 2.24) is 15.3 Å². The number of aryl methyl sites for hydroxylation is 1. The molecule has 0 aliphatic carbocycles. The number of anilines is 1. The monoisotopic (exact) mass is 278 g/mol. The predicted octanol–water partition coefficient (Wildman–Crippen LogP) is 1.63. The van der Waals surface area contributed by atoms with Crippen molar-refractivity contribution >= 4 is 5.82 Å². The van der Waals surface area contributed by atoms with Crippen molar-refractivity contribution in [3.8, 4) is 0 Å². The number of hydrogen-bond acceptors (Lipinski definition) is 5. The molecular formula is C15H26N4O. The van der Waals surface area contributed by atoms with Gasteiger partial charge >= 0.3 is 0 Å². The van der Waals surface area contributed by atoms with Crippen LogP contribution in [0.25, 0.3) is 0 Å². The second-order valence-corrected chi connectivity index (χ2v) is 5.24. The first kappa shape index (κ1) is 15.2. The minimum atomic E-state index is 0.361. The highest BCUT2D eigenvalue weighted by Crippen LogP contribution is 2.17. The third-order valence-electron chi connectivity index (χ3n) is 3.54. The van der Waals surface area contributed by atoms with Crippen molar-refractivity contribution in [1.29, 1.82) is 0 Å². The first-order valence-corrected chi connectivity index (χ1v) is 7.71. The predicted molar refractivity (Wildman–Crippen MR) is 81.1 cm³/mol. The van der Waals surface area contributed by atoms with E-state index in [-0.39, 0.29) is 0 Å². The Morgan fingerprint density at radius 1 is 1.35 bits per heavy atom. The average molecular weight is 278 g/mol. The Hall–Kier alpha value is -1.20. The fraction of sp³-hybridized carbons (Fsp3) is 0.733. The molecule has 0 radical (unpaired) electrons. The third-order valence-corrected chi connectivity index (χ3v) is 3.54. The summed E-state index contributed by atoms with van der Waals surface area (Å²) < 4.78 is 5.62. The summed E-state index contributed by atoms with van der Waals surface area (Å²) in [7, 11) is 0. The number of ether oxygens (including phenoxy) is 1. The van der Waals surface area contributed by atoms with Crippen LogP contribution in [0.15, 0.2) is 12.4 Å². The van der Waals surface area contributed by atoms with Gasteiger partial charge in [0.15, 0.2) is 0 Å². The van der Waals surface area contributed by atoms with Gasteiger partial charge in [0.2, 0.25) is 0 Å². The van der Waals surface area contributed by atoms with Crippen molar-refractivity contribution in [3.05, 3.63) is 18.1 Å². The summed E-state index contributed by atoms with van der Waals surface area (Å²) in [5.74, 6) is 1.04. The smallest absolute Gasteiger partial charge is 0.132 e. The van der Waals surface area contributed by atoms with Crippen LogP contribution in [-0.2, 0) is 11.2 Å². The molecule has 1 aromatic heterocycles. The highest BCUT2D eigenvalue weighted by molar-refractivity contribution is 5.41. The standard InChI is InChI=1S/C15H26N4O/c1-3-5-13-9-15(18-12-17-13)19-7-8-20-11-14(19)10-16-6-4-2/h9,12,14,16H,3-8,10-11H2,1-2H3.